The molecule has 0 spiro atoms. The van der Waals surface area contributed by atoms with E-state index in [1.165, 1.54) is 17.0 Å². The van der Waals surface area contributed by atoms with E-state index in [1.54, 1.807) is 0 Å². The fourth-order valence-corrected chi connectivity index (χ4v) is 2.09. The van der Waals surface area contributed by atoms with E-state index in [0.29, 0.717) is 0 Å². The lowest BCUT2D eigenvalue weighted by molar-refractivity contribution is -0.403. The summed E-state index contributed by atoms with van der Waals surface area (Å²) in [6.07, 6.45) is 0. The molecule has 0 saturated carbocycles. The van der Waals surface area contributed by atoms with Gasteiger partial charge in [-0.1, -0.05) is 18.2 Å². The first-order valence-corrected chi connectivity index (χ1v) is 7.13. The first-order valence-electron chi connectivity index (χ1n) is 5.80. The van der Waals surface area contributed by atoms with Crippen LogP contribution in [-0.2, 0) is 20.0 Å². The van der Waals surface area contributed by atoms with E-state index in [1.807, 2.05) is 0 Å². The molecule has 0 fully saturated rings. The maximum atomic E-state index is 9.22. The Kier molecular flexibility index (Phi) is 4.50. The van der Waals surface area contributed by atoms with E-state index >= 15 is 0 Å². The molecule has 19 heavy (non-hydrogen) atoms. The van der Waals surface area contributed by atoms with Crippen molar-refractivity contribution in [3.63, 3.8) is 0 Å². The lowest BCUT2D eigenvalue weighted by atomic mass is 9.82. The summed E-state index contributed by atoms with van der Waals surface area (Å²) in [6, 6.07) is 8.63. The summed E-state index contributed by atoms with van der Waals surface area (Å²) in [5.41, 5.74) is 4.42. The molecule has 0 unspecified atom stereocenters. The fourth-order valence-electron chi connectivity index (χ4n) is 2.09. The Balaban J connectivity index is 0.000000258. The molecule has 1 aliphatic rings. The molecule has 0 aromatic heterocycles. The van der Waals surface area contributed by atoms with Gasteiger partial charge in [0, 0.05) is 18.6 Å². The van der Waals surface area contributed by atoms with Gasteiger partial charge in [-0.2, -0.15) is 0 Å². The number of nitrogens with zero attached hydrogens (tertiary/aromatic N) is 1. The number of fused-ring (bicyclic) bond motifs is 1. The molecule has 1 aromatic carbocycles. The largest absolute Gasteiger partial charge is 0.726 e. The second-order valence-electron chi connectivity index (χ2n) is 4.86. The van der Waals surface area contributed by atoms with Gasteiger partial charge in [0.1, 0.15) is 7.05 Å². The molecule has 0 N–H and O–H groups in total. The number of benzene rings is 1. The third-order valence-corrected chi connectivity index (χ3v) is 3.96. The molecule has 0 aliphatic carbocycles. The molecular formula is C13H19NO4S. The Hall–Kier alpha value is -1.24. The van der Waals surface area contributed by atoms with Crippen LogP contribution in [0.2, 0.25) is 0 Å². The Bertz CT molecular complexity index is 603. The molecule has 5 nitrogen and oxygen atoms in total. The van der Waals surface area contributed by atoms with Crippen LogP contribution < -0.4 is 0 Å². The molecular weight excluding hydrogens is 266 g/mol. The van der Waals surface area contributed by atoms with Crippen molar-refractivity contribution < 1.29 is 21.7 Å². The molecule has 106 valence electrons. The third kappa shape index (κ3) is 3.40. The third-order valence-electron chi connectivity index (χ3n) is 3.55. The summed E-state index contributed by atoms with van der Waals surface area (Å²) in [4.78, 5) is 0. The summed E-state index contributed by atoms with van der Waals surface area (Å²) in [6.45, 7) is 6.77. The zero-order chi connectivity index (χ0) is 14.8. The molecule has 0 atom stereocenters. The number of hydrogen-bond acceptors (Lipinski definition) is 4. The number of rotatable bonds is 1. The topological polar surface area (TPSA) is 69.4 Å². The van der Waals surface area contributed by atoms with Gasteiger partial charge in [-0.15, -0.1) is 0 Å². The van der Waals surface area contributed by atoms with E-state index < -0.39 is 10.4 Å². The van der Waals surface area contributed by atoms with Crippen LogP contribution >= 0.6 is 0 Å². The van der Waals surface area contributed by atoms with Crippen molar-refractivity contribution in [2.75, 3.05) is 14.2 Å². The van der Waals surface area contributed by atoms with Gasteiger partial charge in [0.2, 0.25) is 16.1 Å². The SMILES string of the molecule is CC1=[N+](C)c2ccccc2C1(C)C.COS(=O)(=O)[O-]. The molecule has 2 rings (SSSR count). The highest BCUT2D eigenvalue weighted by Crippen LogP contribution is 2.38. The molecule has 0 radical (unpaired) electrons. The van der Waals surface area contributed by atoms with Crippen molar-refractivity contribution in [1.29, 1.82) is 0 Å². The minimum absolute atomic E-state index is 0.200. The number of para-hydroxylation sites is 1. The Labute approximate surface area is 114 Å². The molecule has 1 aliphatic heterocycles. The molecule has 0 saturated heterocycles. The van der Waals surface area contributed by atoms with Gasteiger partial charge in [0.05, 0.1) is 12.5 Å². The maximum absolute atomic E-state index is 9.22. The average molecular weight is 285 g/mol. The monoisotopic (exact) mass is 285 g/mol. The predicted octanol–water partition coefficient (Wildman–Crippen LogP) is 1.81. The Morgan fingerprint density at radius 2 is 1.74 bits per heavy atom. The van der Waals surface area contributed by atoms with Crippen LogP contribution in [0.1, 0.15) is 26.3 Å². The zero-order valence-electron chi connectivity index (χ0n) is 11.8. The Morgan fingerprint density at radius 3 is 2.16 bits per heavy atom. The lowest BCUT2D eigenvalue weighted by Crippen LogP contribution is -2.25. The lowest BCUT2D eigenvalue weighted by Gasteiger charge is -2.14. The van der Waals surface area contributed by atoms with Crippen LogP contribution in [0.4, 0.5) is 5.69 Å². The van der Waals surface area contributed by atoms with E-state index in [0.717, 1.165) is 7.11 Å². The van der Waals surface area contributed by atoms with Gasteiger partial charge in [0.25, 0.3) is 0 Å². The van der Waals surface area contributed by atoms with Crippen molar-refractivity contribution in [1.82, 2.24) is 0 Å². The van der Waals surface area contributed by atoms with Gasteiger partial charge in [-0.3, -0.25) is 4.18 Å². The Morgan fingerprint density at radius 1 is 1.26 bits per heavy atom. The van der Waals surface area contributed by atoms with Crippen molar-refractivity contribution in [3.05, 3.63) is 29.8 Å². The summed E-state index contributed by atoms with van der Waals surface area (Å²) >= 11 is 0. The second-order valence-corrected chi connectivity index (χ2v) is 6.01. The minimum atomic E-state index is -4.41. The minimum Gasteiger partial charge on any atom is -0.726 e. The van der Waals surface area contributed by atoms with Crippen LogP contribution in [-0.4, -0.2) is 37.4 Å². The van der Waals surface area contributed by atoms with Gasteiger partial charge < -0.3 is 4.55 Å². The maximum Gasteiger partial charge on any atom is 0.217 e. The highest BCUT2D eigenvalue weighted by molar-refractivity contribution is 7.80. The van der Waals surface area contributed by atoms with E-state index in [-0.39, 0.29) is 5.41 Å². The van der Waals surface area contributed by atoms with Gasteiger partial charge >= 0.3 is 0 Å². The van der Waals surface area contributed by atoms with Crippen LogP contribution in [0, 0.1) is 0 Å². The molecule has 0 bridgehead atoms. The summed E-state index contributed by atoms with van der Waals surface area (Å²) in [7, 11) is -1.46. The van der Waals surface area contributed by atoms with Crippen LogP contribution in [0.5, 0.6) is 0 Å². The van der Waals surface area contributed by atoms with Gasteiger partial charge in [0.15, 0.2) is 5.71 Å². The van der Waals surface area contributed by atoms with Crippen molar-refractivity contribution >= 4 is 21.8 Å². The zero-order valence-corrected chi connectivity index (χ0v) is 12.6. The molecule has 6 heteroatoms. The quantitative estimate of drug-likeness (QED) is 0.448. The highest BCUT2D eigenvalue weighted by Gasteiger charge is 2.40. The summed E-state index contributed by atoms with van der Waals surface area (Å²) in [5, 5.41) is 0. The number of hydrogen-bond donors (Lipinski definition) is 0. The molecule has 0 amide bonds. The predicted molar refractivity (Wildman–Crippen MR) is 72.7 cm³/mol. The van der Waals surface area contributed by atoms with E-state index in [4.69, 9.17) is 0 Å². The van der Waals surface area contributed by atoms with Gasteiger partial charge in [-0.25, -0.2) is 13.0 Å². The highest BCUT2D eigenvalue weighted by atomic mass is 32.3. The van der Waals surface area contributed by atoms with E-state index in [2.05, 4.69) is 60.8 Å². The van der Waals surface area contributed by atoms with Crippen LogP contribution in [0.15, 0.2) is 24.3 Å². The normalized spacial score (nSPS) is 16.7. The smallest absolute Gasteiger partial charge is 0.217 e. The fraction of sp³-hybridized carbons (Fsp3) is 0.462. The van der Waals surface area contributed by atoms with E-state index in [9.17, 15) is 13.0 Å². The average Bonchev–Trinajstić information content (AvgIpc) is 2.52. The summed E-state index contributed by atoms with van der Waals surface area (Å²) in [5.74, 6) is 0. The van der Waals surface area contributed by atoms with Crippen LogP contribution in [0.3, 0.4) is 0 Å². The molecule has 1 heterocycles. The summed E-state index contributed by atoms with van der Waals surface area (Å²) < 4.78 is 33.3. The molecule has 1 aromatic rings. The van der Waals surface area contributed by atoms with Crippen LogP contribution in [0.25, 0.3) is 0 Å². The van der Waals surface area contributed by atoms with Crippen molar-refractivity contribution in [3.8, 4) is 0 Å². The first-order chi connectivity index (χ1) is 8.61. The van der Waals surface area contributed by atoms with Crippen molar-refractivity contribution in [2.24, 2.45) is 0 Å². The van der Waals surface area contributed by atoms with Crippen molar-refractivity contribution in [2.45, 2.75) is 26.2 Å². The second kappa shape index (κ2) is 5.40. The standard InChI is InChI=1S/C12H16N.CH4O4S/c1-9-12(2,3)10-7-5-6-8-11(10)13(9)4;1-5-6(2,3)4/h5-8H,1-4H3;1H3,(H,2,3,4)/q+1;/p-1. The first kappa shape index (κ1) is 15.8. The van der Waals surface area contributed by atoms with Gasteiger partial charge in [-0.05, 0) is 13.8 Å².